The number of carboxylic acid groups (broad SMARTS) is 1. The molecule has 0 amide bonds. The molecule has 4 heteroatoms. The van der Waals surface area contributed by atoms with Gasteiger partial charge in [0.2, 0.25) is 0 Å². The maximum absolute atomic E-state index is 10.7. The Morgan fingerprint density at radius 1 is 1.37 bits per heavy atom. The normalized spacial score (nSPS) is 18.0. The van der Waals surface area contributed by atoms with E-state index in [-0.39, 0.29) is 12.0 Å². The van der Waals surface area contributed by atoms with Crippen LogP contribution in [0.2, 0.25) is 0 Å². The number of hydrogen-bond acceptors (Lipinski definition) is 2. The van der Waals surface area contributed by atoms with Gasteiger partial charge in [-0.3, -0.25) is 0 Å². The molecule has 1 aliphatic carbocycles. The molecule has 0 unspecified atom stereocenters. The Labute approximate surface area is 122 Å². The predicted molar refractivity (Wildman–Crippen MR) is 77.7 cm³/mol. The number of benzene rings is 1. The molecule has 3 nitrogen and oxygen atoms in total. The molecule has 19 heavy (non-hydrogen) atoms. The molecule has 0 aromatic heterocycles. The summed E-state index contributed by atoms with van der Waals surface area (Å²) in [6, 6.07) is 5.83. The number of carboxylic acids is 1. The third-order valence-electron chi connectivity index (χ3n) is 3.90. The van der Waals surface area contributed by atoms with Gasteiger partial charge in [-0.1, -0.05) is 42.1 Å². The zero-order valence-corrected chi connectivity index (χ0v) is 12.7. The van der Waals surface area contributed by atoms with Crippen LogP contribution >= 0.6 is 15.9 Å². The highest BCUT2D eigenvalue weighted by Gasteiger charge is 2.31. The molecule has 1 saturated carbocycles. The standard InChI is InChI=1S/C15H19BrO3/c1-15(7-3-2-4-8-15)12-9-11(16)5-6-13(12)19-10-14(17)18/h5-6,9H,2-4,7-8,10H2,1H3,(H,17,18). The first-order valence-electron chi connectivity index (χ1n) is 6.66. The molecule has 2 rings (SSSR count). The number of halogens is 1. The van der Waals surface area contributed by atoms with Crippen molar-refractivity contribution >= 4 is 21.9 Å². The summed E-state index contributed by atoms with van der Waals surface area (Å²) in [6.45, 7) is 1.96. The van der Waals surface area contributed by atoms with Crippen LogP contribution in [0, 0.1) is 0 Å². The van der Waals surface area contributed by atoms with Crippen molar-refractivity contribution in [3.63, 3.8) is 0 Å². The Hall–Kier alpha value is -1.03. The molecule has 0 bridgehead atoms. The highest BCUT2D eigenvalue weighted by Crippen LogP contribution is 2.43. The highest BCUT2D eigenvalue weighted by molar-refractivity contribution is 9.10. The van der Waals surface area contributed by atoms with Crippen molar-refractivity contribution in [1.82, 2.24) is 0 Å². The molecule has 1 aromatic rings. The Morgan fingerprint density at radius 3 is 2.68 bits per heavy atom. The monoisotopic (exact) mass is 326 g/mol. The fourth-order valence-electron chi connectivity index (χ4n) is 2.84. The molecular weight excluding hydrogens is 308 g/mol. The van der Waals surface area contributed by atoms with E-state index < -0.39 is 5.97 Å². The number of carbonyl (C=O) groups is 1. The lowest BCUT2D eigenvalue weighted by atomic mass is 9.71. The van der Waals surface area contributed by atoms with E-state index in [0.717, 1.165) is 22.9 Å². The second kappa shape index (κ2) is 5.95. The molecule has 0 atom stereocenters. The second-order valence-corrected chi connectivity index (χ2v) is 6.36. The minimum Gasteiger partial charge on any atom is -0.482 e. The average Bonchev–Trinajstić information content (AvgIpc) is 2.38. The summed E-state index contributed by atoms with van der Waals surface area (Å²) < 4.78 is 6.46. The van der Waals surface area contributed by atoms with Gasteiger partial charge in [-0.15, -0.1) is 0 Å². The summed E-state index contributed by atoms with van der Waals surface area (Å²) in [5.74, 6) is -0.238. The van der Waals surface area contributed by atoms with E-state index in [1.165, 1.54) is 19.3 Å². The Kier molecular flexibility index (Phi) is 4.50. The van der Waals surface area contributed by atoms with Crippen LogP contribution in [0.25, 0.3) is 0 Å². The quantitative estimate of drug-likeness (QED) is 0.904. The largest absolute Gasteiger partial charge is 0.482 e. The summed E-state index contributed by atoms with van der Waals surface area (Å²) >= 11 is 3.50. The van der Waals surface area contributed by atoms with Gasteiger partial charge in [0.25, 0.3) is 0 Å². The van der Waals surface area contributed by atoms with Gasteiger partial charge in [-0.2, -0.15) is 0 Å². The molecule has 0 aliphatic heterocycles. The van der Waals surface area contributed by atoms with Crippen molar-refractivity contribution in [1.29, 1.82) is 0 Å². The third-order valence-corrected chi connectivity index (χ3v) is 4.39. The zero-order valence-electron chi connectivity index (χ0n) is 11.1. The van der Waals surface area contributed by atoms with Crippen molar-refractivity contribution in [2.24, 2.45) is 0 Å². The molecule has 0 spiro atoms. The number of hydrogen-bond donors (Lipinski definition) is 1. The van der Waals surface area contributed by atoms with Crippen LogP contribution in [-0.4, -0.2) is 17.7 Å². The lowest BCUT2D eigenvalue weighted by molar-refractivity contribution is -0.139. The molecular formula is C15H19BrO3. The molecule has 104 valence electrons. The summed E-state index contributed by atoms with van der Waals surface area (Å²) in [7, 11) is 0. The lowest BCUT2D eigenvalue weighted by Gasteiger charge is -2.35. The van der Waals surface area contributed by atoms with E-state index in [2.05, 4.69) is 28.9 Å². The minimum absolute atomic E-state index is 0.0931. The first kappa shape index (κ1) is 14.4. The number of aliphatic carboxylic acids is 1. The van der Waals surface area contributed by atoms with E-state index >= 15 is 0 Å². The van der Waals surface area contributed by atoms with Gasteiger partial charge >= 0.3 is 5.97 Å². The van der Waals surface area contributed by atoms with Crippen molar-refractivity contribution in [2.45, 2.75) is 44.4 Å². The molecule has 1 N–H and O–H groups in total. The number of rotatable bonds is 4. The third kappa shape index (κ3) is 3.50. The van der Waals surface area contributed by atoms with Gasteiger partial charge in [-0.25, -0.2) is 4.79 Å². The van der Waals surface area contributed by atoms with Gasteiger partial charge < -0.3 is 9.84 Å². The highest BCUT2D eigenvalue weighted by atomic mass is 79.9. The second-order valence-electron chi connectivity index (χ2n) is 5.44. The van der Waals surface area contributed by atoms with Crippen LogP contribution in [-0.2, 0) is 10.2 Å². The van der Waals surface area contributed by atoms with Crippen LogP contribution in [0.3, 0.4) is 0 Å². The van der Waals surface area contributed by atoms with Crippen molar-refractivity contribution in [3.05, 3.63) is 28.2 Å². The van der Waals surface area contributed by atoms with Crippen LogP contribution < -0.4 is 4.74 Å². The van der Waals surface area contributed by atoms with Crippen molar-refractivity contribution < 1.29 is 14.6 Å². The van der Waals surface area contributed by atoms with E-state index in [0.29, 0.717) is 5.75 Å². The Bertz CT molecular complexity index is 464. The molecule has 0 saturated heterocycles. The Morgan fingerprint density at radius 2 is 2.05 bits per heavy atom. The van der Waals surface area contributed by atoms with Gasteiger partial charge in [0, 0.05) is 10.0 Å². The first-order chi connectivity index (χ1) is 9.01. The minimum atomic E-state index is -0.942. The van der Waals surface area contributed by atoms with E-state index in [4.69, 9.17) is 9.84 Å². The van der Waals surface area contributed by atoms with Crippen LogP contribution in [0.4, 0.5) is 0 Å². The molecule has 1 aliphatic rings. The van der Waals surface area contributed by atoms with Gasteiger partial charge in [-0.05, 0) is 36.5 Å². The maximum Gasteiger partial charge on any atom is 0.341 e. The van der Waals surface area contributed by atoms with E-state index in [1.54, 1.807) is 0 Å². The maximum atomic E-state index is 10.7. The SMILES string of the molecule is CC1(c2cc(Br)ccc2OCC(=O)O)CCCCC1. The smallest absolute Gasteiger partial charge is 0.341 e. The summed E-state index contributed by atoms with van der Waals surface area (Å²) in [6.07, 6.45) is 6.00. The first-order valence-corrected chi connectivity index (χ1v) is 7.45. The Balaban J connectivity index is 2.30. The summed E-state index contributed by atoms with van der Waals surface area (Å²) in [5.41, 5.74) is 1.22. The van der Waals surface area contributed by atoms with Crippen molar-refractivity contribution in [2.75, 3.05) is 6.61 Å². The van der Waals surface area contributed by atoms with Gasteiger partial charge in [0.15, 0.2) is 6.61 Å². The lowest BCUT2D eigenvalue weighted by Crippen LogP contribution is -2.26. The van der Waals surface area contributed by atoms with Crippen LogP contribution in [0.15, 0.2) is 22.7 Å². The molecule has 1 aromatic carbocycles. The van der Waals surface area contributed by atoms with Gasteiger partial charge in [0.05, 0.1) is 0 Å². The average molecular weight is 327 g/mol. The van der Waals surface area contributed by atoms with E-state index in [9.17, 15) is 4.79 Å². The summed E-state index contributed by atoms with van der Waals surface area (Å²) in [4.78, 5) is 10.7. The topological polar surface area (TPSA) is 46.5 Å². The summed E-state index contributed by atoms with van der Waals surface area (Å²) in [5, 5.41) is 8.76. The van der Waals surface area contributed by atoms with Crippen LogP contribution in [0.5, 0.6) is 5.75 Å². The number of ether oxygens (including phenoxy) is 1. The van der Waals surface area contributed by atoms with Crippen LogP contribution in [0.1, 0.15) is 44.6 Å². The fraction of sp³-hybridized carbons (Fsp3) is 0.533. The molecule has 0 radical (unpaired) electrons. The van der Waals surface area contributed by atoms with Gasteiger partial charge in [0.1, 0.15) is 5.75 Å². The van der Waals surface area contributed by atoms with E-state index in [1.807, 2.05) is 12.1 Å². The zero-order chi connectivity index (χ0) is 13.9. The molecule has 0 heterocycles. The van der Waals surface area contributed by atoms with Crippen molar-refractivity contribution in [3.8, 4) is 5.75 Å². The predicted octanol–water partition coefficient (Wildman–Crippen LogP) is 4.13. The molecule has 1 fully saturated rings. The fourth-order valence-corrected chi connectivity index (χ4v) is 3.20.